The van der Waals surface area contributed by atoms with Crippen molar-refractivity contribution >= 4 is 21.5 Å². The second-order valence-corrected chi connectivity index (χ2v) is 7.83. The summed E-state index contributed by atoms with van der Waals surface area (Å²) in [4.78, 5) is 11.6. The van der Waals surface area contributed by atoms with Crippen LogP contribution in [0.1, 0.15) is 6.92 Å². The van der Waals surface area contributed by atoms with Crippen molar-refractivity contribution in [3.8, 4) is 17.2 Å². The van der Waals surface area contributed by atoms with Crippen molar-refractivity contribution in [2.45, 2.75) is 11.8 Å². The maximum atomic E-state index is 13.0. The molecule has 1 aliphatic rings. The van der Waals surface area contributed by atoms with E-state index in [1.807, 2.05) is 6.92 Å². The summed E-state index contributed by atoms with van der Waals surface area (Å²) in [5.74, 6) is 0.679. The number of carbonyl (C=O) groups is 1. The molecule has 0 unspecified atom stereocenters. The molecule has 0 bridgehead atoms. The molecule has 0 fully saturated rings. The van der Waals surface area contributed by atoms with Crippen molar-refractivity contribution in [3.63, 3.8) is 0 Å². The number of ether oxygens (including phenoxy) is 4. The summed E-state index contributed by atoms with van der Waals surface area (Å²) >= 11 is 0. The number of benzene rings is 2. The lowest BCUT2D eigenvalue weighted by Gasteiger charge is -2.18. The molecule has 0 amide bonds. The molecule has 0 aliphatic carbocycles. The van der Waals surface area contributed by atoms with Gasteiger partial charge in [0.05, 0.1) is 18.6 Å². The molecular formula is C20H21NO7S. The molecular weight excluding hydrogens is 398 g/mol. The Morgan fingerprint density at radius 3 is 2.45 bits per heavy atom. The highest BCUT2D eigenvalue weighted by atomic mass is 32.2. The number of sulfone groups is 1. The fourth-order valence-corrected chi connectivity index (χ4v) is 3.90. The zero-order valence-electron chi connectivity index (χ0n) is 16.0. The van der Waals surface area contributed by atoms with Crippen LogP contribution in [-0.4, -0.2) is 41.3 Å². The number of anilines is 1. The van der Waals surface area contributed by atoms with Crippen LogP contribution >= 0.6 is 0 Å². The van der Waals surface area contributed by atoms with Gasteiger partial charge in [0.25, 0.3) is 0 Å². The molecule has 154 valence electrons. The van der Waals surface area contributed by atoms with Crippen LogP contribution in [0.3, 0.4) is 0 Å². The van der Waals surface area contributed by atoms with E-state index in [9.17, 15) is 13.2 Å². The van der Waals surface area contributed by atoms with Crippen molar-refractivity contribution < 1.29 is 32.2 Å². The lowest BCUT2D eigenvalue weighted by molar-refractivity contribution is -0.135. The summed E-state index contributed by atoms with van der Waals surface area (Å²) in [6.07, 6.45) is 1.10. The third kappa shape index (κ3) is 4.62. The molecule has 2 aromatic carbocycles. The van der Waals surface area contributed by atoms with E-state index in [-0.39, 0.29) is 4.90 Å². The fraction of sp³-hybridized carbons (Fsp3) is 0.250. The molecule has 0 spiro atoms. The second kappa shape index (κ2) is 8.87. The van der Waals surface area contributed by atoms with Crippen molar-refractivity contribution in [2.75, 3.05) is 32.2 Å². The third-order valence-electron chi connectivity index (χ3n) is 4.03. The second-order valence-electron chi connectivity index (χ2n) is 5.91. The monoisotopic (exact) mass is 419 g/mol. The molecule has 3 rings (SSSR count). The lowest BCUT2D eigenvalue weighted by Crippen LogP contribution is -2.17. The molecule has 1 aliphatic heterocycles. The minimum atomic E-state index is -4.12. The van der Waals surface area contributed by atoms with Gasteiger partial charge >= 0.3 is 5.97 Å². The molecule has 1 heterocycles. The maximum Gasteiger partial charge on any atom is 0.351 e. The standard InChI is InChI=1S/C20H21NO7S/c1-3-26-15-5-7-16(8-6-15)29(23,24)19(20(22)25-2)13-21-14-4-9-17-18(12-14)28-11-10-27-17/h4-9,12-13,21H,3,10-11H2,1-2H3/b19-13+. The number of hydrogen-bond donors (Lipinski definition) is 1. The molecule has 0 saturated carbocycles. The lowest BCUT2D eigenvalue weighted by atomic mass is 10.2. The van der Waals surface area contributed by atoms with Crippen LogP contribution in [0.5, 0.6) is 17.2 Å². The van der Waals surface area contributed by atoms with E-state index in [4.69, 9.17) is 14.2 Å². The topological polar surface area (TPSA) is 100 Å². The van der Waals surface area contributed by atoms with E-state index < -0.39 is 20.7 Å². The first-order valence-corrected chi connectivity index (χ1v) is 10.4. The van der Waals surface area contributed by atoms with Gasteiger partial charge in [-0.25, -0.2) is 13.2 Å². The van der Waals surface area contributed by atoms with E-state index in [1.54, 1.807) is 18.2 Å². The van der Waals surface area contributed by atoms with Gasteiger partial charge in [-0.1, -0.05) is 0 Å². The first-order valence-electron chi connectivity index (χ1n) is 8.88. The molecule has 0 aromatic heterocycles. The van der Waals surface area contributed by atoms with Crippen LogP contribution in [0.2, 0.25) is 0 Å². The van der Waals surface area contributed by atoms with Crippen LogP contribution in [0.4, 0.5) is 5.69 Å². The first-order chi connectivity index (χ1) is 14.0. The molecule has 9 heteroatoms. The van der Waals surface area contributed by atoms with Gasteiger partial charge in [-0.15, -0.1) is 0 Å². The van der Waals surface area contributed by atoms with Crippen molar-refractivity contribution in [1.29, 1.82) is 0 Å². The summed E-state index contributed by atoms with van der Waals surface area (Å²) in [6.45, 7) is 3.17. The zero-order chi connectivity index (χ0) is 20.9. The van der Waals surface area contributed by atoms with E-state index in [0.29, 0.717) is 42.8 Å². The van der Waals surface area contributed by atoms with Crippen molar-refractivity contribution in [1.82, 2.24) is 0 Å². The summed E-state index contributed by atoms with van der Waals surface area (Å²) < 4.78 is 46.9. The molecule has 0 atom stereocenters. The number of hydrogen-bond acceptors (Lipinski definition) is 8. The van der Waals surface area contributed by atoms with E-state index in [0.717, 1.165) is 13.3 Å². The highest BCUT2D eigenvalue weighted by molar-refractivity contribution is 7.96. The third-order valence-corrected chi connectivity index (χ3v) is 5.79. The Balaban J connectivity index is 1.89. The summed E-state index contributed by atoms with van der Waals surface area (Å²) in [5, 5.41) is 2.82. The normalized spacial score (nSPS) is 13.5. The van der Waals surface area contributed by atoms with Gasteiger partial charge in [-0.2, -0.15) is 0 Å². The Kier molecular flexibility index (Phi) is 6.28. The molecule has 0 radical (unpaired) electrons. The van der Waals surface area contributed by atoms with Crippen LogP contribution in [0.15, 0.2) is 58.5 Å². The summed E-state index contributed by atoms with van der Waals surface area (Å²) in [6, 6.07) is 10.8. The van der Waals surface area contributed by atoms with Gasteiger partial charge in [0.15, 0.2) is 16.4 Å². The fourth-order valence-electron chi connectivity index (χ4n) is 2.64. The number of carbonyl (C=O) groups excluding carboxylic acids is 1. The van der Waals surface area contributed by atoms with Crippen molar-refractivity contribution in [3.05, 3.63) is 53.6 Å². The van der Waals surface area contributed by atoms with Gasteiger partial charge in [-0.05, 0) is 43.3 Å². The van der Waals surface area contributed by atoms with Crippen LogP contribution < -0.4 is 19.5 Å². The minimum absolute atomic E-state index is 0.0541. The van der Waals surface area contributed by atoms with E-state index in [2.05, 4.69) is 10.1 Å². The number of methoxy groups -OCH3 is 1. The highest BCUT2D eigenvalue weighted by Gasteiger charge is 2.28. The minimum Gasteiger partial charge on any atom is -0.494 e. The quantitative estimate of drug-likeness (QED) is 0.540. The van der Waals surface area contributed by atoms with Gasteiger partial charge in [0.2, 0.25) is 9.84 Å². The Morgan fingerprint density at radius 1 is 1.10 bits per heavy atom. The molecule has 1 N–H and O–H groups in total. The smallest absolute Gasteiger partial charge is 0.351 e. The van der Waals surface area contributed by atoms with Crippen LogP contribution in [0.25, 0.3) is 0 Å². The van der Waals surface area contributed by atoms with Gasteiger partial charge in [0.1, 0.15) is 19.0 Å². The highest BCUT2D eigenvalue weighted by Crippen LogP contribution is 2.33. The predicted molar refractivity (Wildman–Crippen MR) is 106 cm³/mol. The molecule has 2 aromatic rings. The Labute approximate surface area is 169 Å². The largest absolute Gasteiger partial charge is 0.494 e. The number of esters is 1. The number of fused-ring (bicyclic) bond motifs is 1. The average Bonchev–Trinajstić information content (AvgIpc) is 2.74. The molecule has 0 saturated heterocycles. The summed E-state index contributed by atoms with van der Waals surface area (Å²) in [7, 11) is -3.00. The molecule has 8 nitrogen and oxygen atoms in total. The molecule has 29 heavy (non-hydrogen) atoms. The summed E-state index contributed by atoms with van der Waals surface area (Å²) in [5.41, 5.74) is 0.526. The van der Waals surface area contributed by atoms with Gasteiger partial charge in [-0.3, -0.25) is 0 Å². The van der Waals surface area contributed by atoms with Crippen LogP contribution in [-0.2, 0) is 19.4 Å². The van der Waals surface area contributed by atoms with Crippen LogP contribution in [0, 0.1) is 0 Å². The Morgan fingerprint density at radius 2 is 1.79 bits per heavy atom. The Bertz CT molecular complexity index is 1010. The maximum absolute atomic E-state index is 13.0. The SMILES string of the molecule is CCOc1ccc(S(=O)(=O)/C(=C/Nc2ccc3c(c2)OCCO3)C(=O)OC)cc1. The number of nitrogens with one attached hydrogen (secondary N) is 1. The Hall–Kier alpha value is -3.20. The predicted octanol–water partition coefficient (Wildman–Crippen LogP) is 2.76. The van der Waals surface area contributed by atoms with E-state index >= 15 is 0 Å². The van der Waals surface area contributed by atoms with Gasteiger partial charge in [0, 0.05) is 18.0 Å². The number of rotatable bonds is 7. The van der Waals surface area contributed by atoms with Crippen molar-refractivity contribution in [2.24, 2.45) is 0 Å². The average molecular weight is 419 g/mol. The van der Waals surface area contributed by atoms with E-state index in [1.165, 1.54) is 24.3 Å². The van der Waals surface area contributed by atoms with Gasteiger partial charge < -0.3 is 24.3 Å². The first kappa shape index (κ1) is 20.5. The zero-order valence-corrected chi connectivity index (χ0v) is 16.8.